The van der Waals surface area contributed by atoms with Gasteiger partial charge in [-0.2, -0.15) is 0 Å². The largest absolute Gasteiger partial charge is 0.474 e. The second-order valence-electron chi connectivity index (χ2n) is 4.41. The third-order valence-corrected chi connectivity index (χ3v) is 3.19. The molecule has 1 amide bonds. The summed E-state index contributed by atoms with van der Waals surface area (Å²) in [5, 5.41) is 6.78. The molecule has 0 saturated carbocycles. The average Bonchev–Trinajstić information content (AvgIpc) is 2.32. The molecule has 0 radical (unpaired) electrons. The average molecular weight is 269 g/mol. The minimum atomic E-state index is -0.115. The lowest BCUT2D eigenvalue weighted by Gasteiger charge is -2.31. The Kier molecular flexibility index (Phi) is 4.44. The number of carbonyl (C=O) groups is 1. The monoisotopic (exact) mass is 268 g/mol. The van der Waals surface area contributed by atoms with Crippen molar-refractivity contribution in [2.75, 3.05) is 6.54 Å². The van der Waals surface area contributed by atoms with Crippen LogP contribution in [0.3, 0.4) is 0 Å². The highest BCUT2D eigenvalue weighted by Gasteiger charge is 2.23. The summed E-state index contributed by atoms with van der Waals surface area (Å²) in [5.41, 5.74) is 0. The third-order valence-electron chi connectivity index (χ3n) is 2.88. The van der Waals surface area contributed by atoms with E-state index in [-0.39, 0.29) is 18.2 Å². The van der Waals surface area contributed by atoms with Gasteiger partial charge in [-0.25, -0.2) is 0 Å². The van der Waals surface area contributed by atoms with E-state index in [9.17, 15) is 4.79 Å². The number of carbonyl (C=O) groups excluding carboxylic acids is 1. The van der Waals surface area contributed by atoms with Crippen LogP contribution in [0.15, 0.2) is 24.3 Å². The number of hydrogen-bond acceptors (Lipinski definition) is 3. The molecular weight excluding hydrogens is 252 g/mol. The van der Waals surface area contributed by atoms with Gasteiger partial charge in [-0.1, -0.05) is 23.7 Å². The maximum Gasteiger partial charge on any atom is 0.217 e. The van der Waals surface area contributed by atoms with Gasteiger partial charge >= 0.3 is 0 Å². The second-order valence-corrected chi connectivity index (χ2v) is 4.82. The van der Waals surface area contributed by atoms with Crippen LogP contribution in [0.2, 0.25) is 5.02 Å². The molecule has 1 heterocycles. The maximum absolute atomic E-state index is 11.0. The number of benzene rings is 1. The maximum atomic E-state index is 11.0. The zero-order valence-corrected chi connectivity index (χ0v) is 11.0. The van der Waals surface area contributed by atoms with Gasteiger partial charge in [0.05, 0.1) is 5.02 Å². The summed E-state index contributed by atoms with van der Waals surface area (Å²) >= 11 is 6.04. The normalized spacial score (nSPS) is 23.4. The van der Waals surface area contributed by atoms with E-state index >= 15 is 0 Å². The van der Waals surface area contributed by atoms with E-state index in [1.54, 1.807) is 6.07 Å². The lowest BCUT2D eigenvalue weighted by Crippen LogP contribution is -2.49. The molecule has 1 fully saturated rings. The highest BCUT2D eigenvalue weighted by molar-refractivity contribution is 6.32. The fraction of sp³-hybridized carbons (Fsp3) is 0.462. The molecule has 4 nitrogen and oxygen atoms in total. The molecule has 2 unspecified atom stereocenters. The van der Waals surface area contributed by atoms with Crippen molar-refractivity contribution in [3.05, 3.63) is 29.3 Å². The molecule has 0 aliphatic carbocycles. The molecule has 1 aliphatic heterocycles. The van der Waals surface area contributed by atoms with Gasteiger partial charge in [0.25, 0.3) is 0 Å². The van der Waals surface area contributed by atoms with Crippen LogP contribution in [0.5, 0.6) is 5.75 Å². The fourth-order valence-corrected chi connectivity index (χ4v) is 2.26. The Hall–Kier alpha value is -1.26. The highest BCUT2D eigenvalue weighted by atomic mass is 35.5. The van der Waals surface area contributed by atoms with E-state index in [0.29, 0.717) is 10.8 Å². The molecule has 2 N–H and O–H groups in total. The van der Waals surface area contributed by atoms with Crippen molar-refractivity contribution >= 4 is 17.5 Å². The van der Waals surface area contributed by atoms with Gasteiger partial charge in [0.2, 0.25) is 5.91 Å². The van der Waals surface area contributed by atoms with Crippen molar-refractivity contribution in [1.82, 2.24) is 10.6 Å². The van der Waals surface area contributed by atoms with Crippen LogP contribution in [0, 0.1) is 0 Å². The lowest BCUT2D eigenvalue weighted by molar-refractivity contribution is -0.120. The van der Waals surface area contributed by atoms with E-state index in [1.165, 1.54) is 6.92 Å². The van der Waals surface area contributed by atoms with E-state index in [4.69, 9.17) is 16.3 Å². The van der Waals surface area contributed by atoms with E-state index in [2.05, 4.69) is 10.6 Å². The Morgan fingerprint density at radius 1 is 1.50 bits per heavy atom. The van der Waals surface area contributed by atoms with Gasteiger partial charge in [0.15, 0.2) is 6.23 Å². The fourth-order valence-electron chi connectivity index (χ4n) is 2.08. The zero-order chi connectivity index (χ0) is 13.0. The van der Waals surface area contributed by atoms with Crippen molar-refractivity contribution in [3.8, 4) is 5.75 Å². The minimum absolute atomic E-state index is 0.00149. The van der Waals surface area contributed by atoms with Crippen LogP contribution < -0.4 is 15.4 Å². The first-order valence-electron chi connectivity index (χ1n) is 6.07. The number of piperidine rings is 1. The molecule has 1 aliphatic rings. The SMILES string of the molecule is CC(=O)NC1CCNC(Oc2ccccc2Cl)C1. The Morgan fingerprint density at radius 3 is 3.00 bits per heavy atom. The van der Waals surface area contributed by atoms with Gasteiger partial charge in [-0.15, -0.1) is 0 Å². The van der Waals surface area contributed by atoms with Gasteiger partial charge in [0.1, 0.15) is 5.75 Å². The Morgan fingerprint density at radius 2 is 2.28 bits per heavy atom. The molecule has 0 spiro atoms. The first-order chi connectivity index (χ1) is 8.65. The van der Waals surface area contributed by atoms with E-state index in [0.717, 1.165) is 19.4 Å². The minimum Gasteiger partial charge on any atom is -0.474 e. The van der Waals surface area contributed by atoms with Crippen LogP contribution in [0.25, 0.3) is 0 Å². The van der Waals surface area contributed by atoms with Crippen LogP contribution in [-0.2, 0) is 4.79 Å². The second kappa shape index (κ2) is 6.07. The number of ether oxygens (including phenoxy) is 1. The lowest BCUT2D eigenvalue weighted by atomic mass is 10.1. The van der Waals surface area contributed by atoms with E-state index in [1.807, 2.05) is 18.2 Å². The summed E-state index contributed by atoms with van der Waals surface area (Å²) in [4.78, 5) is 11.0. The summed E-state index contributed by atoms with van der Waals surface area (Å²) in [6, 6.07) is 7.55. The van der Waals surface area contributed by atoms with Crippen LogP contribution in [0.4, 0.5) is 0 Å². The Bertz CT molecular complexity index is 425. The molecule has 98 valence electrons. The van der Waals surface area contributed by atoms with Gasteiger partial charge in [-0.3, -0.25) is 10.1 Å². The summed E-state index contributed by atoms with van der Waals surface area (Å²) in [7, 11) is 0. The molecule has 1 aromatic rings. The van der Waals surface area contributed by atoms with Crippen molar-refractivity contribution < 1.29 is 9.53 Å². The molecule has 1 saturated heterocycles. The molecule has 0 bridgehead atoms. The number of rotatable bonds is 3. The van der Waals surface area contributed by atoms with Crippen molar-refractivity contribution in [2.24, 2.45) is 0 Å². The van der Waals surface area contributed by atoms with Gasteiger partial charge in [0, 0.05) is 25.9 Å². The number of amides is 1. The molecule has 2 atom stereocenters. The predicted molar refractivity (Wildman–Crippen MR) is 70.7 cm³/mol. The first-order valence-corrected chi connectivity index (χ1v) is 6.44. The van der Waals surface area contributed by atoms with Crippen molar-refractivity contribution in [2.45, 2.75) is 32.0 Å². The smallest absolute Gasteiger partial charge is 0.217 e. The van der Waals surface area contributed by atoms with Crippen LogP contribution in [-0.4, -0.2) is 24.7 Å². The molecule has 1 aromatic carbocycles. The first kappa shape index (κ1) is 13.2. The van der Waals surface area contributed by atoms with E-state index < -0.39 is 0 Å². The third kappa shape index (κ3) is 3.62. The summed E-state index contributed by atoms with van der Waals surface area (Å²) in [6.07, 6.45) is 1.54. The molecular formula is C13H17ClN2O2. The number of nitrogens with one attached hydrogen (secondary N) is 2. The van der Waals surface area contributed by atoms with Crippen LogP contribution >= 0.6 is 11.6 Å². The standard InChI is InChI=1S/C13H17ClN2O2/c1-9(17)16-10-6-7-15-13(8-10)18-12-5-3-2-4-11(12)14/h2-5,10,13,15H,6-8H2,1H3,(H,16,17). The predicted octanol–water partition coefficient (Wildman–Crippen LogP) is 1.93. The topological polar surface area (TPSA) is 50.4 Å². The van der Waals surface area contributed by atoms with Crippen molar-refractivity contribution in [1.29, 1.82) is 0 Å². The number of halogens is 1. The van der Waals surface area contributed by atoms with Gasteiger partial charge < -0.3 is 10.1 Å². The molecule has 18 heavy (non-hydrogen) atoms. The van der Waals surface area contributed by atoms with Crippen molar-refractivity contribution in [3.63, 3.8) is 0 Å². The number of para-hydroxylation sites is 1. The highest BCUT2D eigenvalue weighted by Crippen LogP contribution is 2.25. The number of hydrogen-bond donors (Lipinski definition) is 2. The quantitative estimate of drug-likeness (QED) is 0.881. The molecule has 5 heteroatoms. The molecule has 0 aromatic heterocycles. The molecule has 2 rings (SSSR count). The Labute approximate surface area is 112 Å². The summed E-state index contributed by atoms with van der Waals surface area (Å²) in [6.45, 7) is 2.35. The summed E-state index contributed by atoms with van der Waals surface area (Å²) < 4.78 is 5.80. The van der Waals surface area contributed by atoms with Crippen LogP contribution in [0.1, 0.15) is 19.8 Å². The summed E-state index contributed by atoms with van der Waals surface area (Å²) in [5.74, 6) is 0.665. The zero-order valence-electron chi connectivity index (χ0n) is 10.3. The Balaban J connectivity index is 1.93. The van der Waals surface area contributed by atoms with Gasteiger partial charge in [-0.05, 0) is 18.6 Å².